The number of esters is 2. The molecule has 0 saturated heterocycles. The molecule has 4 rings (SSSR count). The van der Waals surface area contributed by atoms with E-state index in [1.165, 1.54) is 60.7 Å². The van der Waals surface area contributed by atoms with Crippen molar-refractivity contribution >= 4 is 23.1 Å². The summed E-state index contributed by atoms with van der Waals surface area (Å²) in [5, 5.41) is 8.91. The van der Waals surface area contributed by atoms with Crippen molar-refractivity contribution in [3.8, 4) is 28.7 Å². The van der Waals surface area contributed by atoms with Gasteiger partial charge in [0.1, 0.15) is 34.8 Å². The molecule has 9 heteroatoms. The first-order chi connectivity index (χ1) is 23.5. The third kappa shape index (κ3) is 10.6. The lowest BCUT2D eigenvalue weighted by Gasteiger charge is -2.09. The SMILES string of the molecule is C=C(/C(F)=C\C(=C)c1ccc(OC(=O)CCCCCCCC(=O)Oc2ccc(-c3ccc(F)cc3)c(F)c2)cc1F)c1ccc(C#N)cc1. The zero-order chi connectivity index (χ0) is 35.3. The topological polar surface area (TPSA) is 76.4 Å². The summed E-state index contributed by atoms with van der Waals surface area (Å²) >= 11 is 0. The number of hydrogen-bond acceptors (Lipinski definition) is 5. The van der Waals surface area contributed by atoms with Gasteiger partial charge in [0.05, 0.1) is 11.6 Å². The van der Waals surface area contributed by atoms with Crippen LogP contribution in [0.3, 0.4) is 0 Å². The van der Waals surface area contributed by atoms with Crippen molar-refractivity contribution in [3.63, 3.8) is 0 Å². The molecular weight excluding hydrogens is 634 g/mol. The van der Waals surface area contributed by atoms with Gasteiger partial charge >= 0.3 is 11.9 Å². The van der Waals surface area contributed by atoms with Crippen LogP contribution in [0.4, 0.5) is 17.6 Å². The molecule has 0 amide bonds. The molecule has 0 aromatic heterocycles. The summed E-state index contributed by atoms with van der Waals surface area (Å²) in [6.45, 7) is 7.46. The van der Waals surface area contributed by atoms with Gasteiger partial charge in [0.25, 0.3) is 0 Å². The molecule has 250 valence electrons. The van der Waals surface area contributed by atoms with E-state index >= 15 is 0 Å². The third-order valence-electron chi connectivity index (χ3n) is 7.56. The molecule has 0 atom stereocenters. The lowest BCUT2D eigenvalue weighted by Crippen LogP contribution is -2.08. The van der Waals surface area contributed by atoms with E-state index < -0.39 is 35.2 Å². The second kappa shape index (κ2) is 17.4. The van der Waals surface area contributed by atoms with E-state index in [1.54, 1.807) is 12.1 Å². The molecule has 0 radical (unpaired) electrons. The molecule has 49 heavy (non-hydrogen) atoms. The van der Waals surface area contributed by atoms with E-state index in [0.717, 1.165) is 24.6 Å². The minimum atomic E-state index is -0.742. The molecular formula is C40H33F4NO4. The van der Waals surface area contributed by atoms with Crippen molar-refractivity contribution in [3.05, 3.63) is 144 Å². The third-order valence-corrected chi connectivity index (χ3v) is 7.56. The van der Waals surface area contributed by atoms with Gasteiger partial charge in [0, 0.05) is 41.7 Å². The fourth-order valence-electron chi connectivity index (χ4n) is 4.88. The number of carbonyl (C=O) groups is 2. The molecule has 0 N–H and O–H groups in total. The summed E-state index contributed by atoms with van der Waals surface area (Å²) in [6.07, 6.45) is 4.59. The number of nitrogens with zero attached hydrogens (tertiary/aromatic N) is 1. The Hall–Kier alpha value is -5.75. The molecule has 0 aliphatic rings. The molecule has 4 aromatic carbocycles. The minimum Gasteiger partial charge on any atom is -0.426 e. The number of benzene rings is 4. The molecule has 0 unspecified atom stereocenters. The average molecular weight is 668 g/mol. The van der Waals surface area contributed by atoms with Gasteiger partial charge in [-0.15, -0.1) is 0 Å². The Kier molecular flexibility index (Phi) is 12.8. The fourth-order valence-corrected chi connectivity index (χ4v) is 4.88. The van der Waals surface area contributed by atoms with E-state index in [1.807, 2.05) is 6.07 Å². The van der Waals surface area contributed by atoms with Crippen molar-refractivity contribution in [2.45, 2.75) is 44.9 Å². The number of carbonyl (C=O) groups excluding carboxylic acids is 2. The molecule has 0 saturated carbocycles. The van der Waals surface area contributed by atoms with Gasteiger partial charge in [-0.05, 0) is 84.1 Å². The Labute approximate surface area is 282 Å². The fraction of sp³-hybridized carbons (Fsp3) is 0.175. The van der Waals surface area contributed by atoms with Crippen LogP contribution in [0.25, 0.3) is 22.3 Å². The molecule has 0 aliphatic heterocycles. The maximum Gasteiger partial charge on any atom is 0.311 e. The van der Waals surface area contributed by atoms with Crippen LogP contribution in [0.2, 0.25) is 0 Å². The summed E-state index contributed by atoms with van der Waals surface area (Å²) in [5.74, 6) is -3.40. The van der Waals surface area contributed by atoms with Crippen molar-refractivity contribution in [2.75, 3.05) is 0 Å². The molecule has 0 aliphatic carbocycles. The largest absolute Gasteiger partial charge is 0.426 e. The highest BCUT2D eigenvalue weighted by Gasteiger charge is 2.13. The van der Waals surface area contributed by atoms with Crippen LogP contribution in [-0.4, -0.2) is 11.9 Å². The Morgan fingerprint density at radius 3 is 1.82 bits per heavy atom. The van der Waals surface area contributed by atoms with Gasteiger partial charge < -0.3 is 9.47 Å². The summed E-state index contributed by atoms with van der Waals surface area (Å²) in [5.41, 5.74) is 1.80. The van der Waals surface area contributed by atoms with Crippen molar-refractivity contribution in [1.29, 1.82) is 5.26 Å². The quantitative estimate of drug-likeness (QED) is 0.0415. The number of hydrogen-bond donors (Lipinski definition) is 0. The number of allylic oxidation sites excluding steroid dienone is 4. The lowest BCUT2D eigenvalue weighted by molar-refractivity contribution is -0.135. The van der Waals surface area contributed by atoms with Crippen LogP contribution in [0, 0.1) is 28.8 Å². The molecule has 0 fully saturated rings. The van der Waals surface area contributed by atoms with Crippen LogP contribution < -0.4 is 9.47 Å². The Bertz CT molecular complexity index is 1910. The second-order valence-electron chi connectivity index (χ2n) is 11.2. The number of halogens is 4. The van der Waals surface area contributed by atoms with Crippen LogP contribution in [0.15, 0.2) is 110 Å². The van der Waals surface area contributed by atoms with E-state index in [4.69, 9.17) is 14.7 Å². The van der Waals surface area contributed by atoms with Gasteiger partial charge in [-0.3, -0.25) is 9.59 Å². The van der Waals surface area contributed by atoms with E-state index in [0.29, 0.717) is 42.4 Å². The van der Waals surface area contributed by atoms with Gasteiger partial charge in [-0.25, -0.2) is 17.6 Å². The smallest absolute Gasteiger partial charge is 0.311 e. The Balaban J connectivity index is 1.13. The highest BCUT2D eigenvalue weighted by molar-refractivity contribution is 5.82. The summed E-state index contributed by atoms with van der Waals surface area (Å²) in [6, 6.07) is 21.4. The van der Waals surface area contributed by atoms with Crippen molar-refractivity contribution in [1.82, 2.24) is 0 Å². The van der Waals surface area contributed by atoms with Gasteiger partial charge in [-0.2, -0.15) is 5.26 Å². The lowest BCUT2D eigenvalue weighted by atomic mass is 10.0. The van der Waals surface area contributed by atoms with Crippen LogP contribution in [0.5, 0.6) is 11.5 Å². The van der Waals surface area contributed by atoms with Gasteiger partial charge in [0.2, 0.25) is 0 Å². The number of ether oxygens (including phenoxy) is 2. The number of nitriles is 1. The van der Waals surface area contributed by atoms with Crippen molar-refractivity contribution < 1.29 is 36.6 Å². The minimum absolute atomic E-state index is 0.00832. The van der Waals surface area contributed by atoms with E-state index in [-0.39, 0.29) is 46.6 Å². The summed E-state index contributed by atoms with van der Waals surface area (Å²) in [7, 11) is 0. The van der Waals surface area contributed by atoms with Gasteiger partial charge in [-0.1, -0.05) is 56.7 Å². The van der Waals surface area contributed by atoms with Crippen molar-refractivity contribution in [2.24, 2.45) is 0 Å². The average Bonchev–Trinajstić information content (AvgIpc) is 3.08. The van der Waals surface area contributed by atoms with Crippen LogP contribution >= 0.6 is 0 Å². The standard InChI is InChI=1S/C40H33F4NO4/c1-26(22-36(42)27(2)29-12-10-28(25-45)11-13-29)34-20-18-32(23-37(34)43)48-39(46)8-6-4-3-5-7-9-40(47)49-33-19-21-35(38(44)24-33)30-14-16-31(41)17-15-30/h10-24H,1-9H2/b36-22+. The van der Waals surface area contributed by atoms with Crippen LogP contribution in [0.1, 0.15) is 61.6 Å². The summed E-state index contributed by atoms with van der Waals surface area (Å²) < 4.78 is 67.7. The molecule has 4 aromatic rings. The number of rotatable bonds is 15. The zero-order valence-corrected chi connectivity index (χ0v) is 26.6. The van der Waals surface area contributed by atoms with E-state index in [9.17, 15) is 27.2 Å². The van der Waals surface area contributed by atoms with E-state index in [2.05, 4.69) is 13.2 Å². The maximum atomic E-state index is 14.8. The highest BCUT2D eigenvalue weighted by Crippen LogP contribution is 2.29. The number of unbranched alkanes of at least 4 members (excludes halogenated alkanes) is 4. The normalized spacial score (nSPS) is 11.0. The highest BCUT2D eigenvalue weighted by atomic mass is 19.1. The zero-order valence-electron chi connectivity index (χ0n) is 26.6. The molecule has 0 heterocycles. The monoisotopic (exact) mass is 667 g/mol. The molecule has 5 nitrogen and oxygen atoms in total. The molecule has 0 spiro atoms. The predicted molar refractivity (Wildman–Crippen MR) is 180 cm³/mol. The first-order valence-corrected chi connectivity index (χ1v) is 15.6. The summed E-state index contributed by atoms with van der Waals surface area (Å²) in [4.78, 5) is 24.5. The predicted octanol–water partition coefficient (Wildman–Crippen LogP) is 10.5. The second-order valence-corrected chi connectivity index (χ2v) is 11.2. The first kappa shape index (κ1) is 36.1. The Morgan fingerprint density at radius 2 is 1.27 bits per heavy atom. The van der Waals surface area contributed by atoms with Crippen LogP contribution in [-0.2, 0) is 9.59 Å². The first-order valence-electron chi connectivity index (χ1n) is 15.6. The Morgan fingerprint density at radius 1 is 0.714 bits per heavy atom. The molecule has 0 bridgehead atoms. The van der Waals surface area contributed by atoms with Gasteiger partial charge in [0.15, 0.2) is 0 Å². The maximum absolute atomic E-state index is 14.8.